The van der Waals surface area contributed by atoms with Gasteiger partial charge in [-0.3, -0.25) is 4.79 Å². The molecule has 4 nitrogen and oxygen atoms in total. The van der Waals surface area contributed by atoms with Gasteiger partial charge in [0.25, 0.3) is 5.91 Å². The first-order valence-electron chi connectivity index (χ1n) is 7.85. The first-order valence-corrected chi connectivity index (χ1v) is 9.63. The normalized spacial score (nSPS) is 11.2. The number of thioether (sulfide) groups is 1. The van der Waals surface area contributed by atoms with E-state index < -0.39 is 17.8 Å². The topological polar surface area (TPSA) is 47.6 Å². The lowest BCUT2D eigenvalue weighted by molar-refractivity contribution is -0.105. The van der Waals surface area contributed by atoms with E-state index >= 15 is 0 Å². The predicted octanol–water partition coefficient (Wildman–Crippen LogP) is 5.76. The van der Waals surface area contributed by atoms with E-state index in [1.807, 2.05) is 6.92 Å². The van der Waals surface area contributed by atoms with Crippen molar-refractivity contribution in [1.82, 2.24) is 0 Å². The maximum atomic E-state index is 12.6. The third kappa shape index (κ3) is 6.07. The van der Waals surface area contributed by atoms with Crippen molar-refractivity contribution in [2.75, 3.05) is 24.8 Å². The van der Waals surface area contributed by atoms with Crippen LogP contribution in [-0.4, -0.2) is 31.6 Å². The van der Waals surface area contributed by atoms with E-state index in [2.05, 4.69) is 21.2 Å². The molecule has 2 rings (SSSR count). The van der Waals surface area contributed by atoms with Gasteiger partial charge >= 0.3 is 6.18 Å². The summed E-state index contributed by atoms with van der Waals surface area (Å²) >= 11 is 3.96. The number of nitrogens with one attached hydrogen (secondary N) is 1. The van der Waals surface area contributed by atoms with Crippen LogP contribution in [0, 0.1) is 0 Å². The number of methoxy groups -OCH3 is 1. The van der Waals surface area contributed by atoms with Gasteiger partial charge in [-0.2, -0.15) is 13.2 Å². The molecule has 0 spiro atoms. The summed E-state index contributed by atoms with van der Waals surface area (Å²) in [7, 11) is 1.45. The Bertz CT molecular complexity index is 815. The van der Waals surface area contributed by atoms with Crippen molar-refractivity contribution in [3.63, 3.8) is 0 Å². The SMILES string of the molecule is CCOc1c(Br)cc(C(=O)Nc2ccccc2SCC(F)(F)F)cc1OC. The summed E-state index contributed by atoms with van der Waals surface area (Å²) in [4.78, 5) is 12.9. The number of carbonyl (C=O) groups excluding carboxylic acids is 1. The molecule has 0 aromatic heterocycles. The molecule has 0 saturated carbocycles. The second-order valence-corrected chi connectivity index (χ2v) is 7.15. The molecule has 0 aliphatic carbocycles. The lowest BCUT2D eigenvalue weighted by atomic mass is 10.1. The number of rotatable bonds is 7. The predicted molar refractivity (Wildman–Crippen MR) is 103 cm³/mol. The fourth-order valence-electron chi connectivity index (χ4n) is 2.19. The molecule has 9 heteroatoms. The van der Waals surface area contributed by atoms with Crippen LogP contribution in [0.2, 0.25) is 0 Å². The molecule has 0 aliphatic heterocycles. The van der Waals surface area contributed by atoms with E-state index in [1.54, 1.807) is 24.3 Å². The Morgan fingerprint density at radius 2 is 1.96 bits per heavy atom. The summed E-state index contributed by atoms with van der Waals surface area (Å²) in [6, 6.07) is 9.41. The highest BCUT2D eigenvalue weighted by atomic mass is 79.9. The Balaban J connectivity index is 2.24. The van der Waals surface area contributed by atoms with Gasteiger partial charge in [0.15, 0.2) is 11.5 Å². The van der Waals surface area contributed by atoms with Crippen LogP contribution >= 0.6 is 27.7 Å². The molecule has 2 aromatic carbocycles. The maximum Gasteiger partial charge on any atom is 0.398 e. The standard InChI is InChI=1S/C18H17BrF3NO3S/c1-3-26-16-12(19)8-11(9-14(16)25-2)17(24)23-13-6-4-5-7-15(13)27-10-18(20,21)22/h4-9H,3,10H2,1-2H3,(H,23,24). The van der Waals surface area contributed by atoms with E-state index in [0.717, 1.165) is 0 Å². The summed E-state index contributed by atoms with van der Waals surface area (Å²) in [5.74, 6) is -0.673. The lowest BCUT2D eigenvalue weighted by Crippen LogP contribution is -2.14. The molecule has 0 bridgehead atoms. The third-order valence-corrected chi connectivity index (χ3v) is 5.03. The van der Waals surface area contributed by atoms with E-state index in [-0.39, 0.29) is 5.56 Å². The molecule has 0 heterocycles. The van der Waals surface area contributed by atoms with Gasteiger partial charge in [-0.1, -0.05) is 12.1 Å². The molecule has 1 amide bonds. The van der Waals surface area contributed by atoms with Gasteiger partial charge in [-0.25, -0.2) is 0 Å². The van der Waals surface area contributed by atoms with E-state index in [0.29, 0.717) is 44.9 Å². The molecule has 0 radical (unpaired) electrons. The van der Waals surface area contributed by atoms with Crippen molar-refractivity contribution in [2.24, 2.45) is 0 Å². The average Bonchev–Trinajstić information content (AvgIpc) is 2.61. The quantitative estimate of drug-likeness (QED) is 0.530. The van der Waals surface area contributed by atoms with Gasteiger partial charge in [-0.15, -0.1) is 11.8 Å². The number of amides is 1. The highest BCUT2D eigenvalue weighted by molar-refractivity contribution is 9.10. The zero-order valence-corrected chi connectivity index (χ0v) is 16.9. The zero-order chi connectivity index (χ0) is 20.0. The van der Waals surface area contributed by atoms with Crippen molar-refractivity contribution >= 4 is 39.3 Å². The number of para-hydroxylation sites is 1. The number of alkyl halides is 3. The molecule has 0 atom stereocenters. The number of benzene rings is 2. The Morgan fingerprint density at radius 1 is 1.26 bits per heavy atom. The first kappa shape index (κ1) is 21.4. The van der Waals surface area contributed by atoms with Crippen LogP contribution in [0.5, 0.6) is 11.5 Å². The van der Waals surface area contributed by atoms with Crippen LogP contribution < -0.4 is 14.8 Å². The van der Waals surface area contributed by atoms with Gasteiger partial charge < -0.3 is 14.8 Å². The maximum absolute atomic E-state index is 12.6. The average molecular weight is 464 g/mol. The molecule has 146 valence electrons. The van der Waals surface area contributed by atoms with Crippen LogP contribution in [-0.2, 0) is 0 Å². The summed E-state index contributed by atoms with van der Waals surface area (Å²) in [5, 5.41) is 2.65. The van der Waals surface area contributed by atoms with Gasteiger partial charge in [-0.05, 0) is 47.1 Å². The van der Waals surface area contributed by atoms with Crippen LogP contribution in [0.1, 0.15) is 17.3 Å². The fraction of sp³-hybridized carbons (Fsp3) is 0.278. The molecule has 1 N–H and O–H groups in total. The highest BCUT2D eigenvalue weighted by Crippen LogP contribution is 2.37. The number of carbonyl (C=O) groups is 1. The summed E-state index contributed by atoms with van der Waals surface area (Å²) < 4.78 is 48.7. The smallest absolute Gasteiger partial charge is 0.398 e. The van der Waals surface area contributed by atoms with Crippen LogP contribution in [0.25, 0.3) is 0 Å². The Kier molecular flexibility index (Phi) is 7.43. The van der Waals surface area contributed by atoms with E-state index in [1.165, 1.54) is 19.2 Å². The highest BCUT2D eigenvalue weighted by Gasteiger charge is 2.27. The van der Waals surface area contributed by atoms with Crippen molar-refractivity contribution in [2.45, 2.75) is 18.0 Å². The largest absolute Gasteiger partial charge is 0.493 e. The third-order valence-electron chi connectivity index (χ3n) is 3.31. The van der Waals surface area contributed by atoms with Gasteiger partial charge in [0.05, 0.1) is 29.6 Å². The molecule has 2 aromatic rings. The lowest BCUT2D eigenvalue weighted by Gasteiger charge is -2.15. The van der Waals surface area contributed by atoms with Crippen molar-refractivity contribution in [1.29, 1.82) is 0 Å². The molecule has 0 unspecified atom stereocenters. The number of anilines is 1. The van der Waals surface area contributed by atoms with E-state index in [4.69, 9.17) is 9.47 Å². The molecular weight excluding hydrogens is 447 g/mol. The molecule has 0 fully saturated rings. The number of halogens is 4. The van der Waals surface area contributed by atoms with E-state index in [9.17, 15) is 18.0 Å². The minimum Gasteiger partial charge on any atom is -0.493 e. The monoisotopic (exact) mass is 463 g/mol. The second-order valence-electron chi connectivity index (χ2n) is 5.28. The minimum atomic E-state index is -4.30. The van der Waals surface area contributed by atoms with Crippen LogP contribution in [0.15, 0.2) is 45.8 Å². The Labute approximate surface area is 167 Å². The van der Waals surface area contributed by atoms with Crippen LogP contribution in [0.3, 0.4) is 0 Å². The van der Waals surface area contributed by atoms with Crippen molar-refractivity contribution in [3.8, 4) is 11.5 Å². The second kappa shape index (κ2) is 9.36. The number of hydrogen-bond acceptors (Lipinski definition) is 4. The summed E-state index contributed by atoms with van der Waals surface area (Å²) in [6.45, 7) is 2.24. The Morgan fingerprint density at radius 3 is 2.59 bits per heavy atom. The van der Waals surface area contributed by atoms with Crippen molar-refractivity contribution < 1.29 is 27.4 Å². The summed E-state index contributed by atoms with van der Waals surface area (Å²) in [6.07, 6.45) is -4.30. The number of hydrogen-bond donors (Lipinski definition) is 1. The first-order chi connectivity index (χ1) is 12.7. The number of ether oxygens (including phenoxy) is 2. The molecule has 27 heavy (non-hydrogen) atoms. The van der Waals surface area contributed by atoms with Crippen LogP contribution in [0.4, 0.5) is 18.9 Å². The molecular formula is C18H17BrF3NO3S. The molecule has 0 saturated heterocycles. The van der Waals surface area contributed by atoms with Gasteiger partial charge in [0, 0.05) is 10.5 Å². The minimum absolute atomic E-state index is 0.276. The summed E-state index contributed by atoms with van der Waals surface area (Å²) in [5.41, 5.74) is 0.582. The van der Waals surface area contributed by atoms with Gasteiger partial charge in [0.2, 0.25) is 0 Å². The zero-order valence-electron chi connectivity index (χ0n) is 14.5. The van der Waals surface area contributed by atoms with Gasteiger partial charge in [0.1, 0.15) is 0 Å². The van der Waals surface area contributed by atoms with Crippen molar-refractivity contribution in [3.05, 3.63) is 46.4 Å². The fourth-order valence-corrected chi connectivity index (χ4v) is 3.51. The molecule has 0 aliphatic rings. The Hall–Kier alpha value is -1.87.